The van der Waals surface area contributed by atoms with Crippen molar-refractivity contribution in [2.45, 2.75) is 0 Å². The van der Waals surface area contributed by atoms with E-state index in [1.165, 1.54) is 21.5 Å². The fourth-order valence-corrected chi connectivity index (χ4v) is 8.80. The quantitative estimate of drug-likeness (QED) is 0.154. The lowest BCUT2D eigenvalue weighted by Gasteiger charge is -2.29. The molecule has 0 spiro atoms. The van der Waals surface area contributed by atoms with Crippen molar-refractivity contribution in [3.05, 3.63) is 231 Å². The number of furan rings is 1. The summed E-state index contributed by atoms with van der Waals surface area (Å²) in [7, 11) is 0. The molecule has 0 fully saturated rings. The smallest absolute Gasteiger partial charge is 0.144 e. The first-order valence-corrected chi connectivity index (χ1v) is 20.1. The van der Waals surface area contributed by atoms with Gasteiger partial charge in [0.1, 0.15) is 11.2 Å². The Labute approximate surface area is 343 Å². The highest BCUT2D eigenvalue weighted by atomic mass is 16.3. The Hall–Kier alpha value is -7.88. The Bertz CT molecular complexity index is 3240. The fourth-order valence-electron chi connectivity index (χ4n) is 8.80. The number of para-hydroxylation sites is 3. The molecule has 0 bridgehead atoms. The predicted octanol–water partition coefficient (Wildman–Crippen LogP) is 16.2. The van der Waals surface area contributed by atoms with Crippen LogP contribution in [0.3, 0.4) is 0 Å². The van der Waals surface area contributed by atoms with E-state index in [0.717, 1.165) is 78.3 Å². The highest BCUT2D eigenvalue weighted by Gasteiger charge is 2.23. The van der Waals surface area contributed by atoms with E-state index in [4.69, 9.17) is 4.42 Å². The van der Waals surface area contributed by atoms with Crippen LogP contribution in [0.2, 0.25) is 0 Å². The summed E-state index contributed by atoms with van der Waals surface area (Å²) in [6, 6.07) is 82.1. The van der Waals surface area contributed by atoms with E-state index in [1.807, 2.05) is 6.07 Å². The van der Waals surface area contributed by atoms with Gasteiger partial charge in [-0.05, 0) is 100 Å². The Balaban J connectivity index is 1.05. The molecule has 0 saturated heterocycles. The molecule has 0 atom stereocenters. The normalized spacial score (nSPS) is 11.4. The zero-order valence-corrected chi connectivity index (χ0v) is 32.2. The lowest BCUT2D eigenvalue weighted by atomic mass is 9.87. The Morgan fingerprint density at radius 3 is 1.42 bits per heavy atom. The molecule has 3 heteroatoms. The third-order valence-electron chi connectivity index (χ3n) is 11.4. The van der Waals surface area contributed by atoms with Gasteiger partial charge < -0.3 is 14.2 Å². The van der Waals surface area contributed by atoms with Crippen LogP contribution in [0.1, 0.15) is 0 Å². The molecule has 0 radical (unpaired) electrons. The first-order valence-electron chi connectivity index (χ1n) is 20.1. The maximum absolute atomic E-state index is 6.78. The summed E-state index contributed by atoms with van der Waals surface area (Å²) in [5.41, 5.74) is 12.9. The van der Waals surface area contributed by atoms with E-state index in [-0.39, 0.29) is 0 Å². The van der Waals surface area contributed by atoms with Crippen molar-refractivity contribution in [3.63, 3.8) is 0 Å². The van der Waals surface area contributed by atoms with Crippen LogP contribution in [0.15, 0.2) is 235 Å². The molecule has 0 aliphatic carbocycles. The van der Waals surface area contributed by atoms with Crippen molar-refractivity contribution in [2.24, 2.45) is 0 Å². The molecule has 1 heterocycles. The zero-order chi connectivity index (χ0) is 39.1. The average molecular weight is 755 g/mol. The summed E-state index contributed by atoms with van der Waals surface area (Å²) in [4.78, 5) is 4.68. The van der Waals surface area contributed by atoms with Gasteiger partial charge >= 0.3 is 0 Å². The number of anilines is 6. The van der Waals surface area contributed by atoms with Crippen molar-refractivity contribution in [1.29, 1.82) is 0 Å². The van der Waals surface area contributed by atoms with Crippen molar-refractivity contribution in [1.82, 2.24) is 0 Å². The second-order valence-electron chi connectivity index (χ2n) is 14.9. The predicted molar refractivity (Wildman–Crippen MR) is 249 cm³/mol. The molecule has 0 aliphatic rings. The maximum atomic E-state index is 6.78. The molecule has 278 valence electrons. The van der Waals surface area contributed by atoms with Gasteiger partial charge in [-0.2, -0.15) is 0 Å². The third kappa shape index (κ3) is 6.00. The minimum absolute atomic E-state index is 0.894. The summed E-state index contributed by atoms with van der Waals surface area (Å²) in [6.45, 7) is 0. The fraction of sp³-hybridized carbons (Fsp3) is 0. The van der Waals surface area contributed by atoms with E-state index in [9.17, 15) is 0 Å². The number of benzene rings is 10. The highest BCUT2D eigenvalue weighted by Crippen LogP contribution is 2.48. The third-order valence-corrected chi connectivity index (χ3v) is 11.4. The molecule has 3 nitrogen and oxygen atoms in total. The minimum atomic E-state index is 0.894. The van der Waals surface area contributed by atoms with Gasteiger partial charge in [0.05, 0.1) is 5.69 Å². The zero-order valence-electron chi connectivity index (χ0n) is 32.2. The molecule has 10 aromatic carbocycles. The van der Waals surface area contributed by atoms with Gasteiger partial charge in [-0.1, -0.05) is 158 Å². The van der Waals surface area contributed by atoms with Crippen LogP contribution in [-0.4, -0.2) is 0 Å². The van der Waals surface area contributed by atoms with E-state index in [0.29, 0.717) is 0 Å². The summed E-state index contributed by atoms with van der Waals surface area (Å²) in [6.07, 6.45) is 0. The molecule has 59 heavy (non-hydrogen) atoms. The van der Waals surface area contributed by atoms with Crippen LogP contribution in [-0.2, 0) is 0 Å². The SMILES string of the molecule is c1ccc(-c2c(-c3ccc(N(c4ccccc4)c4ccc(N(c5ccccc5)c5cccc6ccccc56)cc4)cc3)c3ccccc3c3c2oc2ccccc23)cc1. The molecule has 1 aromatic heterocycles. The van der Waals surface area contributed by atoms with Crippen LogP contribution in [0.25, 0.3) is 65.7 Å². The number of fused-ring (bicyclic) bond motifs is 6. The Kier molecular flexibility index (Phi) is 8.49. The van der Waals surface area contributed by atoms with Gasteiger partial charge in [0, 0.05) is 55.7 Å². The second-order valence-corrected chi connectivity index (χ2v) is 14.9. The lowest BCUT2D eigenvalue weighted by molar-refractivity contribution is 0.670. The Morgan fingerprint density at radius 1 is 0.288 bits per heavy atom. The first-order chi connectivity index (χ1) is 29.3. The number of rotatable bonds is 8. The van der Waals surface area contributed by atoms with Crippen LogP contribution in [0, 0.1) is 0 Å². The molecule has 11 aromatic rings. The standard InChI is InChI=1S/C56H38N2O/c1-4-18-40(19-5-1)54-53(48-26-12-13-27-49(48)55-50-28-14-15-30-52(50)59-56(54)55)41-31-33-44(34-32-41)57(42-21-6-2-7-22-42)45-35-37-46(38-36-45)58(43-23-8-3-9-24-43)51-29-16-20-39-17-10-11-25-47(39)51/h1-38H. The largest absolute Gasteiger partial charge is 0.455 e. The van der Waals surface area contributed by atoms with E-state index < -0.39 is 0 Å². The van der Waals surface area contributed by atoms with Crippen molar-refractivity contribution in [3.8, 4) is 22.3 Å². The molecule has 11 rings (SSSR count). The van der Waals surface area contributed by atoms with E-state index in [1.54, 1.807) is 0 Å². The number of hydrogen-bond acceptors (Lipinski definition) is 3. The molecule has 0 aliphatic heterocycles. The monoisotopic (exact) mass is 754 g/mol. The molecular formula is C56H38N2O. The van der Waals surface area contributed by atoms with Gasteiger partial charge in [0.25, 0.3) is 0 Å². The van der Waals surface area contributed by atoms with Crippen molar-refractivity contribution >= 4 is 77.6 Å². The van der Waals surface area contributed by atoms with Gasteiger partial charge in [0.2, 0.25) is 0 Å². The minimum Gasteiger partial charge on any atom is -0.455 e. The first kappa shape index (κ1) is 34.4. The molecule has 0 saturated carbocycles. The van der Waals surface area contributed by atoms with Gasteiger partial charge in [-0.3, -0.25) is 0 Å². The number of hydrogen-bond donors (Lipinski definition) is 0. The lowest BCUT2D eigenvalue weighted by Crippen LogP contribution is -2.12. The summed E-state index contributed by atoms with van der Waals surface area (Å²) < 4.78 is 6.78. The molecule has 0 N–H and O–H groups in total. The van der Waals surface area contributed by atoms with Crippen LogP contribution in [0.5, 0.6) is 0 Å². The summed E-state index contributed by atoms with van der Waals surface area (Å²) in [5, 5.41) is 7.08. The van der Waals surface area contributed by atoms with Gasteiger partial charge in [0.15, 0.2) is 0 Å². The molecular weight excluding hydrogens is 717 g/mol. The van der Waals surface area contributed by atoms with E-state index >= 15 is 0 Å². The van der Waals surface area contributed by atoms with Gasteiger partial charge in [-0.25, -0.2) is 0 Å². The van der Waals surface area contributed by atoms with Crippen LogP contribution >= 0.6 is 0 Å². The Morgan fingerprint density at radius 2 is 0.746 bits per heavy atom. The summed E-state index contributed by atoms with van der Waals surface area (Å²) >= 11 is 0. The average Bonchev–Trinajstić information content (AvgIpc) is 3.70. The van der Waals surface area contributed by atoms with Crippen molar-refractivity contribution < 1.29 is 4.42 Å². The van der Waals surface area contributed by atoms with Gasteiger partial charge in [-0.15, -0.1) is 0 Å². The number of nitrogens with zero attached hydrogens (tertiary/aromatic N) is 2. The maximum Gasteiger partial charge on any atom is 0.144 e. The highest BCUT2D eigenvalue weighted by molar-refractivity contribution is 6.27. The molecule has 0 amide bonds. The topological polar surface area (TPSA) is 19.6 Å². The second kappa shape index (κ2) is 14.6. The van der Waals surface area contributed by atoms with Crippen LogP contribution in [0.4, 0.5) is 34.1 Å². The molecule has 0 unspecified atom stereocenters. The van der Waals surface area contributed by atoms with Crippen LogP contribution < -0.4 is 9.80 Å². The van der Waals surface area contributed by atoms with Crippen molar-refractivity contribution in [2.75, 3.05) is 9.80 Å². The summed E-state index contributed by atoms with van der Waals surface area (Å²) in [5.74, 6) is 0. The van der Waals surface area contributed by atoms with E-state index in [2.05, 4.69) is 234 Å².